The Hall–Kier alpha value is -0.870. The molecule has 2 fully saturated rings. The van der Waals surface area contributed by atoms with Gasteiger partial charge >= 0.3 is 5.97 Å². The second-order valence-electron chi connectivity index (χ2n) is 4.36. The van der Waals surface area contributed by atoms with E-state index in [1.54, 1.807) is 0 Å². The zero-order chi connectivity index (χ0) is 11.4. The van der Waals surface area contributed by atoms with Crippen LogP contribution in [0.1, 0.15) is 25.7 Å². The average Bonchev–Trinajstić information content (AvgIpc) is 3.14. The number of carbonyl (C=O) groups excluding carboxylic acids is 1. The standard InChI is InChI=1S/C12H18O4/c1-9(4-2-3-5-10-6-14-10)12(13)16-8-11-7-15-11/h10-11H,1-8H2. The van der Waals surface area contributed by atoms with Gasteiger partial charge in [-0.3, -0.25) is 0 Å². The maximum absolute atomic E-state index is 11.4. The van der Waals surface area contributed by atoms with Gasteiger partial charge < -0.3 is 14.2 Å². The predicted molar refractivity (Wildman–Crippen MR) is 58.0 cm³/mol. The van der Waals surface area contributed by atoms with E-state index in [2.05, 4.69) is 6.58 Å². The number of hydrogen-bond donors (Lipinski definition) is 0. The summed E-state index contributed by atoms with van der Waals surface area (Å²) >= 11 is 0. The van der Waals surface area contributed by atoms with E-state index in [1.807, 2.05) is 0 Å². The molecule has 4 heteroatoms. The fourth-order valence-corrected chi connectivity index (χ4v) is 1.48. The number of carbonyl (C=O) groups is 1. The first-order valence-corrected chi connectivity index (χ1v) is 5.84. The Kier molecular flexibility index (Phi) is 3.96. The number of epoxide rings is 2. The van der Waals surface area contributed by atoms with Crippen LogP contribution in [0.3, 0.4) is 0 Å². The van der Waals surface area contributed by atoms with E-state index in [0.29, 0.717) is 24.9 Å². The minimum Gasteiger partial charge on any atom is -0.459 e. The van der Waals surface area contributed by atoms with Crippen LogP contribution in [-0.2, 0) is 19.0 Å². The molecule has 2 unspecified atom stereocenters. The molecule has 0 spiro atoms. The smallest absolute Gasteiger partial charge is 0.333 e. The molecule has 0 aliphatic carbocycles. The van der Waals surface area contributed by atoms with E-state index in [1.165, 1.54) is 0 Å². The van der Waals surface area contributed by atoms with Crippen LogP contribution < -0.4 is 0 Å². The molecule has 0 N–H and O–H groups in total. The SMILES string of the molecule is C=C(CCCCC1CO1)C(=O)OCC1CO1. The maximum Gasteiger partial charge on any atom is 0.333 e. The Balaban J connectivity index is 1.49. The molecule has 0 radical (unpaired) electrons. The highest BCUT2D eigenvalue weighted by atomic mass is 16.6. The van der Waals surface area contributed by atoms with Crippen LogP contribution in [0.25, 0.3) is 0 Å². The normalized spacial score (nSPS) is 26.2. The second-order valence-corrected chi connectivity index (χ2v) is 4.36. The van der Waals surface area contributed by atoms with Crippen molar-refractivity contribution in [2.75, 3.05) is 19.8 Å². The van der Waals surface area contributed by atoms with Gasteiger partial charge in [0.25, 0.3) is 0 Å². The van der Waals surface area contributed by atoms with Crippen LogP contribution in [0.5, 0.6) is 0 Å². The van der Waals surface area contributed by atoms with Crippen molar-refractivity contribution < 1.29 is 19.0 Å². The van der Waals surface area contributed by atoms with Crippen LogP contribution in [-0.4, -0.2) is 38.0 Å². The van der Waals surface area contributed by atoms with Crippen molar-refractivity contribution in [3.05, 3.63) is 12.2 Å². The molecule has 0 saturated carbocycles. The Morgan fingerprint density at radius 3 is 2.56 bits per heavy atom. The molecule has 0 aromatic carbocycles. The molecule has 2 saturated heterocycles. The zero-order valence-corrected chi connectivity index (χ0v) is 9.44. The van der Waals surface area contributed by atoms with Crippen molar-refractivity contribution in [3.8, 4) is 0 Å². The zero-order valence-electron chi connectivity index (χ0n) is 9.44. The first-order valence-electron chi connectivity index (χ1n) is 5.84. The van der Waals surface area contributed by atoms with Crippen molar-refractivity contribution >= 4 is 5.97 Å². The van der Waals surface area contributed by atoms with Crippen molar-refractivity contribution in [2.45, 2.75) is 37.9 Å². The second kappa shape index (κ2) is 5.46. The highest BCUT2D eigenvalue weighted by Crippen LogP contribution is 2.18. The lowest BCUT2D eigenvalue weighted by Gasteiger charge is -2.05. The predicted octanol–water partition coefficient (Wildman–Crippen LogP) is 1.44. The first-order chi connectivity index (χ1) is 7.75. The van der Waals surface area contributed by atoms with E-state index in [4.69, 9.17) is 14.2 Å². The van der Waals surface area contributed by atoms with Gasteiger partial charge in [0.05, 0.1) is 19.3 Å². The third kappa shape index (κ3) is 4.33. The van der Waals surface area contributed by atoms with Crippen LogP contribution in [0.2, 0.25) is 0 Å². The Bertz CT molecular complexity index is 266. The Morgan fingerprint density at radius 1 is 1.25 bits per heavy atom. The van der Waals surface area contributed by atoms with Gasteiger partial charge in [-0.15, -0.1) is 0 Å². The molecule has 0 aromatic heterocycles. The number of rotatable bonds is 8. The van der Waals surface area contributed by atoms with Gasteiger partial charge in [-0.05, 0) is 19.3 Å². The summed E-state index contributed by atoms with van der Waals surface area (Å²) in [7, 11) is 0. The summed E-state index contributed by atoms with van der Waals surface area (Å²) in [5.74, 6) is -0.279. The quantitative estimate of drug-likeness (QED) is 0.272. The summed E-state index contributed by atoms with van der Waals surface area (Å²) in [4.78, 5) is 11.4. The van der Waals surface area contributed by atoms with Crippen molar-refractivity contribution in [1.29, 1.82) is 0 Å². The molecule has 0 aromatic rings. The lowest BCUT2D eigenvalue weighted by atomic mass is 10.1. The van der Waals surface area contributed by atoms with Gasteiger partial charge in [0.15, 0.2) is 0 Å². The first kappa shape index (κ1) is 11.6. The van der Waals surface area contributed by atoms with Gasteiger partial charge in [0.2, 0.25) is 0 Å². The lowest BCUT2D eigenvalue weighted by Crippen LogP contribution is -2.11. The number of hydrogen-bond acceptors (Lipinski definition) is 4. The summed E-state index contributed by atoms with van der Waals surface area (Å²) in [5.41, 5.74) is 0.567. The van der Waals surface area contributed by atoms with Gasteiger partial charge in [0.1, 0.15) is 12.7 Å². The number of esters is 1. The highest BCUT2D eigenvalue weighted by Gasteiger charge is 2.25. The minimum absolute atomic E-state index is 0.128. The Labute approximate surface area is 95.6 Å². The van der Waals surface area contributed by atoms with E-state index < -0.39 is 0 Å². The van der Waals surface area contributed by atoms with E-state index in [0.717, 1.165) is 32.3 Å². The minimum atomic E-state index is -0.279. The fourth-order valence-electron chi connectivity index (χ4n) is 1.48. The summed E-state index contributed by atoms with van der Waals surface area (Å²) in [5, 5.41) is 0. The summed E-state index contributed by atoms with van der Waals surface area (Å²) in [6, 6.07) is 0. The average molecular weight is 226 g/mol. The van der Waals surface area contributed by atoms with Gasteiger partial charge in [-0.25, -0.2) is 4.79 Å². The lowest BCUT2D eigenvalue weighted by molar-refractivity contribution is -0.139. The molecular formula is C12H18O4. The molecule has 0 bridgehead atoms. The van der Waals surface area contributed by atoms with E-state index in [9.17, 15) is 4.79 Å². The van der Waals surface area contributed by atoms with Gasteiger partial charge in [-0.1, -0.05) is 13.0 Å². The molecule has 2 aliphatic rings. The molecule has 2 rings (SSSR count). The van der Waals surface area contributed by atoms with Crippen LogP contribution in [0, 0.1) is 0 Å². The monoisotopic (exact) mass is 226 g/mol. The van der Waals surface area contributed by atoms with Gasteiger partial charge in [-0.2, -0.15) is 0 Å². The Morgan fingerprint density at radius 2 is 1.94 bits per heavy atom. The number of ether oxygens (including phenoxy) is 3. The van der Waals surface area contributed by atoms with Crippen LogP contribution >= 0.6 is 0 Å². The summed E-state index contributed by atoms with van der Waals surface area (Å²) < 4.78 is 15.1. The molecule has 2 heterocycles. The largest absolute Gasteiger partial charge is 0.459 e. The highest BCUT2D eigenvalue weighted by molar-refractivity contribution is 5.87. The third-order valence-electron chi connectivity index (χ3n) is 2.75. The molecule has 4 nitrogen and oxygen atoms in total. The fraction of sp³-hybridized carbons (Fsp3) is 0.750. The van der Waals surface area contributed by atoms with Crippen LogP contribution in [0.4, 0.5) is 0 Å². The van der Waals surface area contributed by atoms with E-state index >= 15 is 0 Å². The van der Waals surface area contributed by atoms with Crippen molar-refractivity contribution in [3.63, 3.8) is 0 Å². The maximum atomic E-state index is 11.4. The molecule has 2 atom stereocenters. The summed E-state index contributed by atoms with van der Waals surface area (Å²) in [6.45, 7) is 5.72. The third-order valence-corrected chi connectivity index (χ3v) is 2.75. The van der Waals surface area contributed by atoms with E-state index in [-0.39, 0.29) is 12.1 Å². The van der Waals surface area contributed by atoms with Crippen LogP contribution in [0.15, 0.2) is 12.2 Å². The van der Waals surface area contributed by atoms with Crippen molar-refractivity contribution in [2.24, 2.45) is 0 Å². The molecule has 0 amide bonds. The number of unbranched alkanes of at least 4 members (excludes halogenated alkanes) is 1. The molecule has 16 heavy (non-hydrogen) atoms. The topological polar surface area (TPSA) is 51.4 Å². The molecule has 90 valence electrons. The molecular weight excluding hydrogens is 208 g/mol. The van der Waals surface area contributed by atoms with Crippen molar-refractivity contribution in [1.82, 2.24) is 0 Å². The summed E-state index contributed by atoms with van der Waals surface area (Å²) in [6.07, 6.45) is 4.49. The van der Waals surface area contributed by atoms with Gasteiger partial charge in [0, 0.05) is 5.57 Å². The molecule has 2 aliphatic heterocycles.